The molecule has 3 rings (SSSR count). The minimum absolute atomic E-state index is 0.310. The number of rotatable bonds is 3. The summed E-state index contributed by atoms with van der Waals surface area (Å²) >= 11 is 5.20. The second kappa shape index (κ2) is 5.36. The van der Waals surface area contributed by atoms with E-state index in [0.717, 1.165) is 44.8 Å². The summed E-state index contributed by atoms with van der Waals surface area (Å²) in [4.78, 5) is 0. The van der Waals surface area contributed by atoms with Crippen molar-refractivity contribution in [3.63, 3.8) is 0 Å². The molecule has 0 unspecified atom stereocenters. The van der Waals surface area contributed by atoms with Gasteiger partial charge >= 0.3 is 0 Å². The Balaban J connectivity index is 1.38. The molecule has 1 heterocycles. The van der Waals surface area contributed by atoms with Gasteiger partial charge in [0.25, 0.3) is 0 Å². The van der Waals surface area contributed by atoms with Gasteiger partial charge in [-0.3, -0.25) is 5.43 Å². The van der Waals surface area contributed by atoms with Gasteiger partial charge in [0.15, 0.2) is 5.11 Å². The van der Waals surface area contributed by atoms with Crippen LogP contribution in [0.25, 0.3) is 0 Å². The van der Waals surface area contributed by atoms with Crippen molar-refractivity contribution in [2.24, 2.45) is 16.9 Å². The molecule has 1 saturated carbocycles. The summed E-state index contributed by atoms with van der Waals surface area (Å²) in [5, 5.41) is 8.16. The van der Waals surface area contributed by atoms with Crippen LogP contribution >= 0.6 is 12.2 Å². The van der Waals surface area contributed by atoms with Gasteiger partial charge in [-0.2, -0.15) is 5.10 Å². The fourth-order valence-electron chi connectivity index (χ4n) is 2.84. The van der Waals surface area contributed by atoms with E-state index in [1.54, 1.807) is 0 Å². The molecule has 4 nitrogen and oxygen atoms in total. The Morgan fingerprint density at radius 3 is 3.28 bits per heavy atom. The standard InChI is InChI=1S/C13H19N3OS/c18-13(14-8-10-4-2-6-17-10)16-15-12-7-9-3-1-5-11(9)12/h1,3,9-11H,2,4-8H2,(H2,14,16,18)/b15-12-/t9-,10+,11+/m1/s1. The van der Waals surface area contributed by atoms with Crippen LogP contribution in [0.1, 0.15) is 25.7 Å². The molecule has 3 aliphatic rings. The highest BCUT2D eigenvalue weighted by Crippen LogP contribution is 2.39. The van der Waals surface area contributed by atoms with Crippen molar-refractivity contribution in [3.8, 4) is 0 Å². The molecule has 1 saturated heterocycles. The molecule has 0 amide bonds. The summed E-state index contributed by atoms with van der Waals surface area (Å²) in [5.74, 6) is 1.37. The Bertz CT molecular complexity index is 388. The number of hydrogen-bond donors (Lipinski definition) is 2. The molecule has 0 aromatic carbocycles. The largest absolute Gasteiger partial charge is 0.376 e. The van der Waals surface area contributed by atoms with E-state index in [1.807, 2.05) is 0 Å². The molecule has 0 spiro atoms. The van der Waals surface area contributed by atoms with Crippen molar-refractivity contribution in [1.82, 2.24) is 10.7 Å². The topological polar surface area (TPSA) is 45.6 Å². The highest BCUT2D eigenvalue weighted by Gasteiger charge is 2.37. The van der Waals surface area contributed by atoms with E-state index in [1.165, 1.54) is 5.71 Å². The lowest BCUT2D eigenvalue weighted by atomic mass is 9.74. The fraction of sp³-hybridized carbons (Fsp3) is 0.692. The van der Waals surface area contributed by atoms with Crippen LogP contribution in [0.4, 0.5) is 0 Å². The summed E-state index contributed by atoms with van der Waals surface area (Å²) in [6.07, 6.45) is 9.38. The SMILES string of the molecule is S=C(NC[C@@H]1CCCO1)N/N=C1/C[C@H]2C=CC[C@H]12. The van der Waals surface area contributed by atoms with Gasteiger partial charge in [0.05, 0.1) is 6.10 Å². The molecule has 0 aromatic heterocycles. The van der Waals surface area contributed by atoms with Crippen LogP contribution in [0.3, 0.4) is 0 Å². The predicted molar refractivity (Wildman–Crippen MR) is 75.5 cm³/mol. The first-order valence-electron chi connectivity index (χ1n) is 6.71. The normalized spacial score (nSPS) is 35.3. The van der Waals surface area contributed by atoms with Crippen LogP contribution in [0.2, 0.25) is 0 Å². The number of hydrazone groups is 1. The molecule has 2 fully saturated rings. The minimum Gasteiger partial charge on any atom is -0.376 e. The zero-order valence-electron chi connectivity index (χ0n) is 10.4. The molecule has 2 N–H and O–H groups in total. The Labute approximate surface area is 113 Å². The maximum absolute atomic E-state index is 5.52. The van der Waals surface area contributed by atoms with E-state index < -0.39 is 0 Å². The van der Waals surface area contributed by atoms with Crippen LogP contribution in [0, 0.1) is 11.8 Å². The summed E-state index contributed by atoms with van der Waals surface area (Å²) in [7, 11) is 0. The third-order valence-electron chi connectivity index (χ3n) is 3.98. The van der Waals surface area contributed by atoms with Gasteiger partial charge in [-0.25, -0.2) is 0 Å². The number of allylic oxidation sites excluding steroid dienone is 2. The maximum atomic E-state index is 5.52. The van der Waals surface area contributed by atoms with Gasteiger partial charge in [-0.15, -0.1) is 0 Å². The highest BCUT2D eigenvalue weighted by molar-refractivity contribution is 7.80. The molecule has 3 atom stereocenters. The summed E-state index contributed by atoms with van der Waals surface area (Å²) in [5.41, 5.74) is 4.20. The quantitative estimate of drug-likeness (QED) is 0.462. The highest BCUT2D eigenvalue weighted by atomic mass is 32.1. The molecule has 0 radical (unpaired) electrons. The van der Waals surface area contributed by atoms with Gasteiger partial charge in [-0.05, 0) is 43.8 Å². The first-order chi connectivity index (χ1) is 8.83. The Morgan fingerprint density at radius 1 is 1.56 bits per heavy atom. The molecule has 18 heavy (non-hydrogen) atoms. The zero-order valence-corrected chi connectivity index (χ0v) is 11.2. The molecular weight excluding hydrogens is 246 g/mol. The third kappa shape index (κ3) is 2.57. The number of ether oxygens (including phenoxy) is 1. The first kappa shape index (κ1) is 12.1. The van der Waals surface area contributed by atoms with E-state index in [0.29, 0.717) is 17.1 Å². The summed E-state index contributed by atoms with van der Waals surface area (Å²) in [6, 6.07) is 0. The zero-order chi connectivity index (χ0) is 12.4. The number of fused-ring (bicyclic) bond motifs is 1. The van der Waals surface area contributed by atoms with Crippen LogP contribution in [0.5, 0.6) is 0 Å². The van der Waals surface area contributed by atoms with Crippen LogP contribution < -0.4 is 10.7 Å². The van der Waals surface area contributed by atoms with Crippen molar-refractivity contribution in [2.45, 2.75) is 31.8 Å². The minimum atomic E-state index is 0.310. The van der Waals surface area contributed by atoms with Gasteiger partial charge in [0, 0.05) is 24.8 Å². The van der Waals surface area contributed by atoms with Gasteiger partial charge < -0.3 is 10.1 Å². The number of thiocarbonyl (C=S) groups is 1. The molecular formula is C13H19N3OS. The predicted octanol–water partition coefficient (Wildman–Crippen LogP) is 1.58. The van der Waals surface area contributed by atoms with E-state index in [2.05, 4.69) is 28.0 Å². The summed E-state index contributed by atoms with van der Waals surface area (Å²) < 4.78 is 5.52. The van der Waals surface area contributed by atoms with Crippen molar-refractivity contribution in [1.29, 1.82) is 0 Å². The molecule has 0 bridgehead atoms. The number of nitrogens with one attached hydrogen (secondary N) is 2. The first-order valence-corrected chi connectivity index (χ1v) is 7.12. The van der Waals surface area contributed by atoms with E-state index in [4.69, 9.17) is 17.0 Å². The van der Waals surface area contributed by atoms with Crippen molar-refractivity contribution < 1.29 is 4.74 Å². The van der Waals surface area contributed by atoms with Crippen LogP contribution in [0.15, 0.2) is 17.3 Å². The second-order valence-corrected chi connectivity index (χ2v) is 5.61. The summed E-state index contributed by atoms with van der Waals surface area (Å²) in [6.45, 7) is 1.66. The van der Waals surface area contributed by atoms with E-state index in [9.17, 15) is 0 Å². The smallest absolute Gasteiger partial charge is 0.187 e. The lowest BCUT2D eigenvalue weighted by molar-refractivity contribution is 0.114. The molecule has 1 aliphatic heterocycles. The number of nitrogens with zero attached hydrogens (tertiary/aromatic N) is 1. The lowest BCUT2D eigenvalue weighted by Gasteiger charge is -2.31. The fourth-order valence-corrected chi connectivity index (χ4v) is 2.97. The third-order valence-corrected chi connectivity index (χ3v) is 4.21. The van der Waals surface area contributed by atoms with Crippen LogP contribution in [-0.2, 0) is 4.74 Å². The van der Waals surface area contributed by atoms with E-state index >= 15 is 0 Å². The van der Waals surface area contributed by atoms with E-state index in [-0.39, 0.29) is 0 Å². The average Bonchev–Trinajstić information content (AvgIpc) is 2.97. The van der Waals surface area contributed by atoms with Crippen molar-refractivity contribution >= 4 is 23.0 Å². The van der Waals surface area contributed by atoms with Crippen LogP contribution in [-0.4, -0.2) is 30.1 Å². The molecule has 98 valence electrons. The maximum Gasteiger partial charge on any atom is 0.187 e. The Kier molecular flexibility index (Phi) is 3.61. The molecule has 2 aliphatic carbocycles. The molecule has 0 aromatic rings. The van der Waals surface area contributed by atoms with Crippen molar-refractivity contribution in [3.05, 3.63) is 12.2 Å². The van der Waals surface area contributed by atoms with Gasteiger partial charge in [0.2, 0.25) is 0 Å². The van der Waals surface area contributed by atoms with Crippen molar-refractivity contribution in [2.75, 3.05) is 13.2 Å². The molecule has 5 heteroatoms. The lowest BCUT2D eigenvalue weighted by Crippen LogP contribution is -2.40. The van der Waals surface area contributed by atoms with Gasteiger partial charge in [-0.1, -0.05) is 12.2 Å². The Morgan fingerprint density at radius 2 is 2.50 bits per heavy atom. The Hall–Kier alpha value is -0.940. The average molecular weight is 265 g/mol. The number of hydrogen-bond acceptors (Lipinski definition) is 3. The van der Waals surface area contributed by atoms with Gasteiger partial charge in [0.1, 0.15) is 0 Å². The second-order valence-electron chi connectivity index (χ2n) is 5.20. The monoisotopic (exact) mass is 265 g/mol.